The summed E-state index contributed by atoms with van der Waals surface area (Å²) in [6.07, 6.45) is 0. The molecule has 1 N–H and O–H groups in total. The van der Waals surface area contributed by atoms with Gasteiger partial charge < -0.3 is 9.90 Å². The highest BCUT2D eigenvalue weighted by Crippen LogP contribution is 2.20. The lowest BCUT2D eigenvalue weighted by Gasteiger charge is -2.23. The van der Waals surface area contributed by atoms with E-state index in [9.17, 15) is 9.90 Å². The van der Waals surface area contributed by atoms with Gasteiger partial charge >= 0.3 is 0 Å². The van der Waals surface area contributed by atoms with Crippen molar-refractivity contribution < 1.29 is 9.90 Å². The van der Waals surface area contributed by atoms with Gasteiger partial charge in [-0.15, -0.1) is 0 Å². The maximum Gasteiger partial charge on any atom is 0.0655 e. The van der Waals surface area contributed by atoms with Gasteiger partial charge in [-0.05, 0) is 20.8 Å². The molecule has 72 valence electrons. The predicted molar refractivity (Wildman–Crippen MR) is 53.1 cm³/mol. The van der Waals surface area contributed by atoms with Crippen LogP contribution in [0.3, 0.4) is 0 Å². The Hall–Kier alpha value is 0.130. The van der Waals surface area contributed by atoms with Crippen molar-refractivity contribution in [3.8, 4) is 0 Å². The molecule has 0 aliphatic rings. The number of hydrogen-bond acceptors (Lipinski definition) is 5. The number of carboxylic acids is 1. The molecule has 0 aromatic heterocycles. The molecule has 0 aliphatic heterocycles. The topological polar surface area (TPSA) is 52.2 Å². The maximum atomic E-state index is 10.4. The van der Waals surface area contributed by atoms with E-state index in [-0.39, 0.29) is 10.5 Å². The Kier molecular flexibility index (Phi) is 5.04. The van der Waals surface area contributed by atoms with Gasteiger partial charge in [0, 0.05) is 10.5 Å². The molecule has 5 heteroatoms. The molecule has 0 fully saturated rings. The Morgan fingerprint density at radius 2 is 2.17 bits per heavy atom. The van der Waals surface area contributed by atoms with Gasteiger partial charge in [-0.3, -0.25) is 4.72 Å². The Labute approximate surface area is 82.8 Å². The van der Waals surface area contributed by atoms with Crippen LogP contribution in [0.2, 0.25) is 0 Å². The van der Waals surface area contributed by atoms with Crippen LogP contribution < -0.4 is 9.83 Å². The minimum Gasteiger partial charge on any atom is -0.548 e. The van der Waals surface area contributed by atoms with Crippen LogP contribution in [0, 0.1) is 0 Å². The van der Waals surface area contributed by atoms with Gasteiger partial charge in [0.25, 0.3) is 0 Å². The predicted octanol–water partition coefficient (Wildman–Crippen LogP) is 0.0710. The molecule has 0 unspecified atom stereocenters. The Morgan fingerprint density at radius 1 is 1.67 bits per heavy atom. The van der Waals surface area contributed by atoms with E-state index in [2.05, 4.69) is 17.4 Å². The average Bonchev–Trinajstić information content (AvgIpc) is 1.85. The summed E-state index contributed by atoms with van der Waals surface area (Å²) in [7, 11) is 0. The monoisotopic (exact) mass is 208 g/mol. The fourth-order valence-corrected chi connectivity index (χ4v) is 1.45. The molecular formula is C7H14NO2S2-. The van der Waals surface area contributed by atoms with Gasteiger partial charge in [-0.25, -0.2) is 0 Å². The summed E-state index contributed by atoms with van der Waals surface area (Å²) < 4.78 is 2.78. The molecule has 1 atom stereocenters. The molecule has 0 aliphatic carbocycles. The van der Waals surface area contributed by atoms with Gasteiger partial charge in [0.15, 0.2) is 0 Å². The molecule has 0 bridgehead atoms. The zero-order valence-corrected chi connectivity index (χ0v) is 9.17. The minimum atomic E-state index is -1.11. The van der Waals surface area contributed by atoms with Gasteiger partial charge in [-0.1, -0.05) is 11.9 Å². The summed E-state index contributed by atoms with van der Waals surface area (Å²) in [5.41, 5.74) is 0. The van der Waals surface area contributed by atoms with Crippen LogP contribution in [-0.4, -0.2) is 22.5 Å². The maximum absolute atomic E-state index is 10.4. The van der Waals surface area contributed by atoms with Crippen molar-refractivity contribution in [3.05, 3.63) is 0 Å². The number of carbonyl (C=O) groups excluding carboxylic acids is 1. The summed E-state index contributed by atoms with van der Waals surface area (Å²) in [6.45, 7) is 5.99. The first-order valence-electron chi connectivity index (χ1n) is 3.62. The number of nitrogens with one attached hydrogen (secondary N) is 1. The van der Waals surface area contributed by atoms with Crippen molar-refractivity contribution >= 4 is 30.5 Å². The molecule has 0 aromatic rings. The standard InChI is InChI=1S/C7H15NO2S2/c1-7(2,3)12-8-5(4-11)6(9)10/h5,8,11H,4H2,1-3H3,(H,9,10)/p-1/t5-/m1/s1. The molecule has 0 spiro atoms. The Morgan fingerprint density at radius 3 is 2.42 bits per heavy atom. The highest BCUT2D eigenvalue weighted by atomic mass is 32.2. The second-order valence-electron chi connectivity index (χ2n) is 3.39. The van der Waals surface area contributed by atoms with Crippen molar-refractivity contribution in [2.24, 2.45) is 0 Å². The van der Waals surface area contributed by atoms with E-state index >= 15 is 0 Å². The van der Waals surface area contributed by atoms with Crippen LogP contribution in [-0.2, 0) is 4.79 Å². The van der Waals surface area contributed by atoms with Crippen LogP contribution in [0.15, 0.2) is 0 Å². The summed E-state index contributed by atoms with van der Waals surface area (Å²) in [6, 6.07) is -0.683. The highest BCUT2D eigenvalue weighted by Gasteiger charge is 2.14. The van der Waals surface area contributed by atoms with Crippen LogP contribution in [0.5, 0.6) is 0 Å². The van der Waals surface area contributed by atoms with Gasteiger partial charge in [-0.2, -0.15) is 12.6 Å². The quantitative estimate of drug-likeness (QED) is 0.507. The number of hydrogen-bond donors (Lipinski definition) is 2. The van der Waals surface area contributed by atoms with E-state index in [1.165, 1.54) is 11.9 Å². The van der Waals surface area contributed by atoms with E-state index in [0.29, 0.717) is 0 Å². The number of thiol groups is 1. The minimum absolute atomic E-state index is 0.00333. The summed E-state index contributed by atoms with van der Waals surface area (Å²) in [5.74, 6) is -0.868. The van der Waals surface area contributed by atoms with Gasteiger partial charge in [0.05, 0.1) is 12.0 Å². The first-order chi connectivity index (χ1) is 5.37. The highest BCUT2D eigenvalue weighted by molar-refractivity contribution is 7.98. The largest absolute Gasteiger partial charge is 0.548 e. The Bertz CT molecular complexity index is 156. The number of carboxylic acid groups (broad SMARTS) is 1. The normalized spacial score (nSPS) is 14.3. The van der Waals surface area contributed by atoms with E-state index in [1.54, 1.807) is 0 Å². The van der Waals surface area contributed by atoms with E-state index in [4.69, 9.17) is 0 Å². The fourth-order valence-electron chi connectivity index (χ4n) is 0.408. The number of rotatable bonds is 4. The van der Waals surface area contributed by atoms with E-state index in [1.807, 2.05) is 20.8 Å². The van der Waals surface area contributed by atoms with Crippen molar-refractivity contribution in [1.82, 2.24) is 4.72 Å². The lowest BCUT2D eigenvalue weighted by Crippen LogP contribution is -2.45. The molecule has 0 saturated heterocycles. The number of carbonyl (C=O) groups is 1. The van der Waals surface area contributed by atoms with Crippen LogP contribution in [0.25, 0.3) is 0 Å². The molecule has 0 aromatic carbocycles. The molecule has 0 rings (SSSR count). The summed E-state index contributed by atoms with van der Waals surface area (Å²) >= 11 is 5.26. The SMILES string of the molecule is CC(C)(C)SN[C@H](CS)C(=O)[O-]. The van der Waals surface area contributed by atoms with Crippen molar-refractivity contribution in [2.75, 3.05) is 5.75 Å². The van der Waals surface area contributed by atoms with Gasteiger partial charge in [0.2, 0.25) is 0 Å². The smallest absolute Gasteiger partial charge is 0.0655 e. The van der Waals surface area contributed by atoms with Crippen molar-refractivity contribution in [3.63, 3.8) is 0 Å². The third-order valence-corrected chi connectivity index (χ3v) is 2.35. The van der Waals surface area contributed by atoms with E-state index in [0.717, 1.165) is 0 Å². The molecular weight excluding hydrogens is 194 g/mol. The zero-order valence-electron chi connectivity index (χ0n) is 7.46. The average molecular weight is 208 g/mol. The fraction of sp³-hybridized carbons (Fsp3) is 0.857. The number of aliphatic carboxylic acids is 1. The Balaban J connectivity index is 3.81. The third kappa shape index (κ3) is 5.74. The van der Waals surface area contributed by atoms with Crippen LogP contribution >= 0.6 is 24.6 Å². The van der Waals surface area contributed by atoms with Crippen LogP contribution in [0.1, 0.15) is 20.8 Å². The summed E-state index contributed by atoms with van der Waals surface area (Å²) in [4.78, 5) is 10.4. The molecule has 3 nitrogen and oxygen atoms in total. The molecule has 0 amide bonds. The lowest BCUT2D eigenvalue weighted by atomic mass is 10.3. The lowest BCUT2D eigenvalue weighted by molar-refractivity contribution is -0.307. The van der Waals surface area contributed by atoms with Crippen molar-refractivity contribution in [2.45, 2.75) is 31.6 Å². The second kappa shape index (κ2) is 4.99. The molecule has 0 heterocycles. The third-order valence-electron chi connectivity index (χ3n) is 0.974. The van der Waals surface area contributed by atoms with Crippen molar-refractivity contribution in [1.29, 1.82) is 0 Å². The molecule has 12 heavy (non-hydrogen) atoms. The van der Waals surface area contributed by atoms with Gasteiger partial charge in [0.1, 0.15) is 0 Å². The molecule has 0 radical (unpaired) electrons. The second-order valence-corrected chi connectivity index (χ2v) is 5.42. The first-order valence-corrected chi connectivity index (χ1v) is 5.07. The van der Waals surface area contributed by atoms with Crippen LogP contribution in [0.4, 0.5) is 0 Å². The molecule has 0 saturated carbocycles. The summed E-state index contributed by atoms with van der Waals surface area (Å²) in [5, 5.41) is 10.4. The first kappa shape index (κ1) is 12.1. The van der Waals surface area contributed by atoms with E-state index < -0.39 is 12.0 Å². The zero-order chi connectivity index (χ0) is 9.78.